The van der Waals surface area contributed by atoms with Gasteiger partial charge >= 0.3 is 0 Å². The molecule has 0 aliphatic rings. The predicted octanol–water partition coefficient (Wildman–Crippen LogP) is 2.32. The first-order valence-electron chi connectivity index (χ1n) is 7.07. The minimum absolute atomic E-state index is 0.0375. The Labute approximate surface area is 121 Å². The summed E-state index contributed by atoms with van der Waals surface area (Å²) in [4.78, 5) is 11.7. The average Bonchev–Trinajstić information content (AvgIpc) is 2.42. The van der Waals surface area contributed by atoms with Crippen LogP contribution in [-0.2, 0) is 4.79 Å². The molecule has 20 heavy (non-hydrogen) atoms. The number of aliphatic hydroxyl groups is 1. The largest absolute Gasteiger partial charge is 0.484 e. The van der Waals surface area contributed by atoms with Crippen LogP contribution in [0.15, 0.2) is 24.3 Å². The van der Waals surface area contributed by atoms with Gasteiger partial charge in [-0.3, -0.25) is 4.79 Å². The first-order chi connectivity index (χ1) is 9.43. The summed E-state index contributed by atoms with van der Waals surface area (Å²) in [7, 11) is 0. The summed E-state index contributed by atoms with van der Waals surface area (Å²) in [6.45, 7) is 8.06. The SMILES string of the molecule is CC(C)c1ccc(OCC(=O)N[C@H](CO)C(C)C)cc1. The molecular weight excluding hydrogens is 254 g/mol. The number of rotatable bonds is 7. The summed E-state index contributed by atoms with van der Waals surface area (Å²) in [5.74, 6) is 1.12. The number of aliphatic hydroxyl groups excluding tert-OH is 1. The van der Waals surface area contributed by atoms with E-state index in [9.17, 15) is 4.79 Å². The van der Waals surface area contributed by atoms with E-state index in [2.05, 4.69) is 19.2 Å². The summed E-state index contributed by atoms with van der Waals surface area (Å²) in [5.41, 5.74) is 1.24. The Bertz CT molecular complexity index is 412. The summed E-state index contributed by atoms with van der Waals surface area (Å²) in [5, 5.41) is 11.9. The molecule has 0 aliphatic heterocycles. The highest BCUT2D eigenvalue weighted by Gasteiger charge is 2.15. The van der Waals surface area contributed by atoms with E-state index in [1.165, 1.54) is 5.56 Å². The Kier molecular flexibility index (Phi) is 6.52. The number of ether oxygens (including phenoxy) is 1. The molecule has 0 radical (unpaired) electrons. The molecule has 0 bridgehead atoms. The average molecular weight is 279 g/mol. The van der Waals surface area contributed by atoms with Crippen LogP contribution in [0, 0.1) is 5.92 Å². The van der Waals surface area contributed by atoms with Gasteiger partial charge in [0.1, 0.15) is 5.75 Å². The Morgan fingerprint density at radius 1 is 1.20 bits per heavy atom. The van der Waals surface area contributed by atoms with Gasteiger partial charge in [-0.25, -0.2) is 0 Å². The van der Waals surface area contributed by atoms with Crippen molar-refractivity contribution in [3.05, 3.63) is 29.8 Å². The number of carbonyl (C=O) groups is 1. The van der Waals surface area contributed by atoms with Crippen LogP contribution in [0.1, 0.15) is 39.2 Å². The Morgan fingerprint density at radius 2 is 1.80 bits per heavy atom. The smallest absolute Gasteiger partial charge is 0.258 e. The van der Waals surface area contributed by atoms with Crippen LogP contribution in [0.4, 0.5) is 0 Å². The second kappa shape index (κ2) is 7.90. The maximum absolute atomic E-state index is 11.7. The van der Waals surface area contributed by atoms with Crippen LogP contribution in [-0.4, -0.2) is 30.3 Å². The fourth-order valence-electron chi connectivity index (χ4n) is 1.77. The van der Waals surface area contributed by atoms with Crippen molar-refractivity contribution in [2.75, 3.05) is 13.2 Å². The molecule has 0 heterocycles. The van der Waals surface area contributed by atoms with Gasteiger partial charge in [0.25, 0.3) is 5.91 Å². The lowest BCUT2D eigenvalue weighted by Gasteiger charge is -2.19. The van der Waals surface area contributed by atoms with Gasteiger partial charge in [-0.05, 0) is 29.5 Å². The zero-order valence-corrected chi connectivity index (χ0v) is 12.7. The third-order valence-electron chi connectivity index (χ3n) is 3.26. The van der Waals surface area contributed by atoms with Crippen LogP contribution in [0.3, 0.4) is 0 Å². The molecule has 0 spiro atoms. The molecule has 0 unspecified atom stereocenters. The van der Waals surface area contributed by atoms with Crippen molar-refractivity contribution in [3.8, 4) is 5.75 Å². The second-order valence-electron chi connectivity index (χ2n) is 5.61. The van der Waals surface area contributed by atoms with Crippen LogP contribution >= 0.6 is 0 Å². The van der Waals surface area contributed by atoms with Crippen molar-refractivity contribution in [2.24, 2.45) is 5.92 Å². The molecule has 1 atom stereocenters. The maximum atomic E-state index is 11.7. The lowest BCUT2D eigenvalue weighted by molar-refractivity contribution is -0.124. The first-order valence-corrected chi connectivity index (χ1v) is 7.07. The standard InChI is InChI=1S/C16H25NO3/c1-11(2)13-5-7-14(8-6-13)20-10-16(19)17-15(9-18)12(3)4/h5-8,11-12,15,18H,9-10H2,1-4H3,(H,17,19)/t15-/m1/s1. The highest BCUT2D eigenvalue weighted by atomic mass is 16.5. The molecule has 4 heteroatoms. The topological polar surface area (TPSA) is 58.6 Å². The monoisotopic (exact) mass is 279 g/mol. The summed E-state index contributed by atoms with van der Waals surface area (Å²) < 4.78 is 5.43. The molecule has 1 amide bonds. The molecule has 0 saturated heterocycles. The summed E-state index contributed by atoms with van der Waals surface area (Å²) in [6.07, 6.45) is 0. The van der Waals surface area contributed by atoms with E-state index < -0.39 is 0 Å². The number of nitrogens with one attached hydrogen (secondary N) is 1. The van der Waals surface area contributed by atoms with Crippen molar-refractivity contribution in [2.45, 2.75) is 39.7 Å². The number of hydrogen-bond acceptors (Lipinski definition) is 3. The molecule has 112 valence electrons. The van der Waals surface area contributed by atoms with Gasteiger partial charge in [0.2, 0.25) is 0 Å². The first kappa shape index (κ1) is 16.5. The van der Waals surface area contributed by atoms with Crippen molar-refractivity contribution < 1.29 is 14.6 Å². The normalized spacial score (nSPS) is 12.6. The number of carbonyl (C=O) groups excluding carboxylic acids is 1. The summed E-state index contributed by atoms with van der Waals surface area (Å²) in [6, 6.07) is 7.52. The second-order valence-corrected chi connectivity index (χ2v) is 5.61. The Balaban J connectivity index is 2.44. The van der Waals surface area contributed by atoms with Crippen molar-refractivity contribution in [3.63, 3.8) is 0 Å². The predicted molar refractivity (Wildman–Crippen MR) is 79.9 cm³/mol. The van der Waals surface area contributed by atoms with E-state index in [-0.39, 0.29) is 31.1 Å². The lowest BCUT2D eigenvalue weighted by Crippen LogP contribution is -2.43. The maximum Gasteiger partial charge on any atom is 0.258 e. The van der Waals surface area contributed by atoms with Gasteiger partial charge in [0.15, 0.2) is 6.61 Å². The van der Waals surface area contributed by atoms with Crippen molar-refractivity contribution in [1.29, 1.82) is 0 Å². The third kappa shape index (κ3) is 5.21. The van der Waals surface area contributed by atoms with Crippen molar-refractivity contribution in [1.82, 2.24) is 5.32 Å². The van der Waals surface area contributed by atoms with Crippen LogP contribution in [0.2, 0.25) is 0 Å². The molecule has 2 N–H and O–H groups in total. The fraction of sp³-hybridized carbons (Fsp3) is 0.562. The fourth-order valence-corrected chi connectivity index (χ4v) is 1.77. The molecule has 0 aliphatic carbocycles. The van der Waals surface area contributed by atoms with Gasteiger partial charge in [0.05, 0.1) is 12.6 Å². The highest BCUT2D eigenvalue weighted by molar-refractivity contribution is 5.77. The Morgan fingerprint density at radius 3 is 2.25 bits per heavy atom. The number of benzene rings is 1. The molecule has 1 aromatic carbocycles. The van der Waals surface area contributed by atoms with E-state index in [0.717, 1.165) is 0 Å². The van der Waals surface area contributed by atoms with Gasteiger partial charge in [0, 0.05) is 0 Å². The summed E-state index contributed by atoms with van der Waals surface area (Å²) >= 11 is 0. The van der Waals surface area contributed by atoms with Crippen LogP contribution < -0.4 is 10.1 Å². The Hall–Kier alpha value is -1.55. The van der Waals surface area contributed by atoms with Crippen molar-refractivity contribution >= 4 is 5.91 Å². The quantitative estimate of drug-likeness (QED) is 0.805. The molecule has 0 aromatic heterocycles. The zero-order chi connectivity index (χ0) is 15.1. The van der Waals surface area contributed by atoms with Gasteiger partial charge in [-0.1, -0.05) is 39.8 Å². The molecule has 1 rings (SSSR count). The van der Waals surface area contributed by atoms with E-state index >= 15 is 0 Å². The molecule has 0 fully saturated rings. The van der Waals surface area contributed by atoms with Gasteiger partial charge in [-0.15, -0.1) is 0 Å². The molecule has 0 saturated carbocycles. The van der Waals surface area contributed by atoms with E-state index in [1.54, 1.807) is 0 Å². The molecular formula is C16H25NO3. The van der Waals surface area contributed by atoms with Crippen LogP contribution in [0.5, 0.6) is 5.75 Å². The van der Waals surface area contributed by atoms with Gasteiger partial charge in [-0.2, -0.15) is 0 Å². The van der Waals surface area contributed by atoms with Crippen LogP contribution in [0.25, 0.3) is 0 Å². The minimum atomic E-state index is -0.227. The van der Waals surface area contributed by atoms with Gasteiger partial charge < -0.3 is 15.2 Å². The number of amides is 1. The highest BCUT2D eigenvalue weighted by Crippen LogP contribution is 2.18. The number of hydrogen-bond donors (Lipinski definition) is 2. The molecule has 1 aromatic rings. The minimum Gasteiger partial charge on any atom is -0.484 e. The van der Waals surface area contributed by atoms with E-state index in [4.69, 9.17) is 9.84 Å². The zero-order valence-electron chi connectivity index (χ0n) is 12.7. The molecule has 4 nitrogen and oxygen atoms in total. The lowest BCUT2D eigenvalue weighted by atomic mass is 10.0. The third-order valence-corrected chi connectivity index (χ3v) is 3.26. The van der Waals surface area contributed by atoms with E-state index in [0.29, 0.717) is 11.7 Å². The van der Waals surface area contributed by atoms with E-state index in [1.807, 2.05) is 38.1 Å².